The van der Waals surface area contributed by atoms with Gasteiger partial charge in [-0.05, 0) is 45.4 Å². The highest BCUT2D eigenvalue weighted by atomic mass is 16.5. The molecule has 4 unspecified atom stereocenters. The highest BCUT2D eigenvalue weighted by Gasteiger charge is 2.39. The van der Waals surface area contributed by atoms with Crippen molar-refractivity contribution in [3.05, 3.63) is 0 Å². The number of hydrogen-bond donors (Lipinski definition) is 1. The van der Waals surface area contributed by atoms with Crippen LogP contribution in [-0.4, -0.2) is 48.8 Å². The first kappa shape index (κ1) is 11.9. The van der Waals surface area contributed by atoms with Crippen LogP contribution in [0.15, 0.2) is 0 Å². The summed E-state index contributed by atoms with van der Waals surface area (Å²) < 4.78 is 5.99. The molecule has 0 aromatic heterocycles. The van der Waals surface area contributed by atoms with Crippen LogP contribution >= 0.6 is 0 Å². The van der Waals surface area contributed by atoms with E-state index in [-0.39, 0.29) is 0 Å². The predicted molar refractivity (Wildman–Crippen MR) is 69.1 cm³/mol. The number of ether oxygens (including phenoxy) is 1. The number of nitrogens with one attached hydrogen (secondary N) is 1. The van der Waals surface area contributed by atoms with Crippen molar-refractivity contribution >= 4 is 0 Å². The molecule has 0 bridgehead atoms. The van der Waals surface area contributed by atoms with E-state index in [1.165, 1.54) is 38.8 Å². The molecule has 3 heteroatoms. The fourth-order valence-corrected chi connectivity index (χ4v) is 3.44. The standard InChI is InChI=1S/C14H26N2O/c1-10-8-16(9-13-6-3-11(2)17-13)14(7-15-10)12-4-5-12/h10-15H,3-9H2,1-2H3. The summed E-state index contributed by atoms with van der Waals surface area (Å²) in [5.74, 6) is 0.967. The number of hydrogen-bond acceptors (Lipinski definition) is 3. The Labute approximate surface area is 105 Å². The molecular formula is C14H26N2O. The number of rotatable bonds is 3. The van der Waals surface area contributed by atoms with Crippen LogP contribution in [0.4, 0.5) is 0 Å². The predicted octanol–water partition coefficient (Wildman–Crippen LogP) is 1.63. The van der Waals surface area contributed by atoms with E-state index in [4.69, 9.17) is 4.74 Å². The van der Waals surface area contributed by atoms with Gasteiger partial charge in [-0.1, -0.05) is 0 Å². The molecule has 3 aliphatic rings. The molecule has 3 rings (SSSR count). The minimum atomic E-state index is 0.486. The maximum absolute atomic E-state index is 5.99. The molecule has 3 nitrogen and oxygen atoms in total. The van der Waals surface area contributed by atoms with Crippen LogP contribution in [0.2, 0.25) is 0 Å². The second-order valence-electron chi connectivity index (χ2n) is 6.31. The largest absolute Gasteiger partial charge is 0.374 e. The minimum Gasteiger partial charge on any atom is -0.374 e. The first-order valence-corrected chi connectivity index (χ1v) is 7.35. The smallest absolute Gasteiger partial charge is 0.0706 e. The highest BCUT2D eigenvalue weighted by Crippen LogP contribution is 2.36. The van der Waals surface area contributed by atoms with Gasteiger partial charge in [-0.2, -0.15) is 0 Å². The Hall–Kier alpha value is -0.120. The number of piperazine rings is 1. The molecule has 0 spiro atoms. The van der Waals surface area contributed by atoms with Crippen LogP contribution in [0.5, 0.6) is 0 Å². The van der Waals surface area contributed by atoms with Crippen molar-refractivity contribution in [3.63, 3.8) is 0 Å². The summed E-state index contributed by atoms with van der Waals surface area (Å²) in [6, 6.07) is 1.43. The summed E-state index contributed by atoms with van der Waals surface area (Å²) in [5, 5.41) is 3.63. The zero-order valence-corrected chi connectivity index (χ0v) is 11.2. The average Bonchev–Trinajstić information content (AvgIpc) is 3.04. The zero-order chi connectivity index (χ0) is 11.8. The summed E-state index contributed by atoms with van der Waals surface area (Å²) in [6.45, 7) is 8.06. The fraction of sp³-hybridized carbons (Fsp3) is 1.00. The van der Waals surface area contributed by atoms with Gasteiger partial charge in [0, 0.05) is 31.7 Å². The van der Waals surface area contributed by atoms with Gasteiger partial charge in [-0.25, -0.2) is 0 Å². The van der Waals surface area contributed by atoms with E-state index in [9.17, 15) is 0 Å². The summed E-state index contributed by atoms with van der Waals surface area (Å²) in [7, 11) is 0. The van der Waals surface area contributed by atoms with E-state index in [2.05, 4.69) is 24.1 Å². The maximum atomic E-state index is 5.99. The highest BCUT2D eigenvalue weighted by molar-refractivity contribution is 4.95. The lowest BCUT2D eigenvalue weighted by Gasteiger charge is -2.40. The molecule has 2 saturated heterocycles. The Kier molecular flexibility index (Phi) is 3.42. The molecule has 3 fully saturated rings. The van der Waals surface area contributed by atoms with Gasteiger partial charge >= 0.3 is 0 Å². The lowest BCUT2D eigenvalue weighted by atomic mass is 10.0. The SMILES string of the molecule is CC1CN(CC2CCC(C)O2)C(C2CC2)CN1. The molecule has 17 heavy (non-hydrogen) atoms. The molecule has 0 aromatic rings. The van der Waals surface area contributed by atoms with Crippen LogP contribution in [0, 0.1) is 5.92 Å². The molecule has 4 atom stereocenters. The first-order valence-electron chi connectivity index (χ1n) is 7.35. The molecule has 2 heterocycles. The molecule has 1 saturated carbocycles. The van der Waals surface area contributed by atoms with Crippen LogP contribution < -0.4 is 5.32 Å². The van der Waals surface area contributed by atoms with Gasteiger partial charge in [0.25, 0.3) is 0 Å². The molecular weight excluding hydrogens is 212 g/mol. The van der Waals surface area contributed by atoms with Gasteiger partial charge in [0.05, 0.1) is 12.2 Å². The van der Waals surface area contributed by atoms with E-state index < -0.39 is 0 Å². The quantitative estimate of drug-likeness (QED) is 0.809. The maximum Gasteiger partial charge on any atom is 0.0706 e. The Morgan fingerprint density at radius 3 is 2.65 bits per heavy atom. The average molecular weight is 238 g/mol. The topological polar surface area (TPSA) is 24.5 Å². The molecule has 98 valence electrons. The van der Waals surface area contributed by atoms with Gasteiger partial charge in [0.2, 0.25) is 0 Å². The van der Waals surface area contributed by atoms with Crippen molar-refractivity contribution in [1.29, 1.82) is 0 Å². The molecule has 1 aliphatic carbocycles. The Balaban J connectivity index is 1.57. The van der Waals surface area contributed by atoms with Gasteiger partial charge in [-0.15, -0.1) is 0 Å². The van der Waals surface area contributed by atoms with Crippen molar-refractivity contribution in [2.45, 2.75) is 63.8 Å². The molecule has 2 aliphatic heterocycles. The normalized spacial score (nSPS) is 44.1. The van der Waals surface area contributed by atoms with E-state index in [0.29, 0.717) is 18.2 Å². The summed E-state index contributed by atoms with van der Waals surface area (Å²) in [6.07, 6.45) is 6.38. The number of nitrogens with zero attached hydrogens (tertiary/aromatic N) is 1. The molecule has 0 aromatic carbocycles. The van der Waals surface area contributed by atoms with Crippen molar-refractivity contribution < 1.29 is 4.74 Å². The van der Waals surface area contributed by atoms with Crippen molar-refractivity contribution in [1.82, 2.24) is 10.2 Å². The van der Waals surface area contributed by atoms with Gasteiger partial charge in [-0.3, -0.25) is 4.90 Å². The first-order chi connectivity index (χ1) is 8.22. The van der Waals surface area contributed by atoms with Crippen molar-refractivity contribution in [3.8, 4) is 0 Å². The van der Waals surface area contributed by atoms with Crippen LogP contribution in [0.1, 0.15) is 39.5 Å². The Morgan fingerprint density at radius 1 is 1.18 bits per heavy atom. The summed E-state index contributed by atoms with van der Waals surface area (Å²) in [5.41, 5.74) is 0. The fourth-order valence-electron chi connectivity index (χ4n) is 3.44. The third kappa shape index (κ3) is 2.83. The van der Waals surface area contributed by atoms with Gasteiger partial charge < -0.3 is 10.1 Å². The zero-order valence-electron chi connectivity index (χ0n) is 11.2. The lowest BCUT2D eigenvalue weighted by molar-refractivity contribution is 0.00822. The summed E-state index contributed by atoms with van der Waals surface area (Å²) >= 11 is 0. The van der Waals surface area contributed by atoms with Crippen molar-refractivity contribution in [2.24, 2.45) is 5.92 Å². The second-order valence-corrected chi connectivity index (χ2v) is 6.31. The van der Waals surface area contributed by atoms with Crippen LogP contribution in [0.3, 0.4) is 0 Å². The van der Waals surface area contributed by atoms with Gasteiger partial charge in [0.15, 0.2) is 0 Å². The van der Waals surface area contributed by atoms with E-state index in [0.717, 1.165) is 18.5 Å². The Bertz CT molecular complexity index is 267. The van der Waals surface area contributed by atoms with Crippen LogP contribution in [0.25, 0.3) is 0 Å². The minimum absolute atomic E-state index is 0.486. The Morgan fingerprint density at radius 2 is 2.00 bits per heavy atom. The van der Waals surface area contributed by atoms with E-state index in [1.807, 2.05) is 0 Å². The lowest BCUT2D eigenvalue weighted by Crippen LogP contribution is -2.57. The van der Waals surface area contributed by atoms with E-state index >= 15 is 0 Å². The van der Waals surface area contributed by atoms with Crippen molar-refractivity contribution in [2.75, 3.05) is 19.6 Å². The van der Waals surface area contributed by atoms with Crippen LogP contribution in [-0.2, 0) is 4.74 Å². The third-order valence-corrected chi connectivity index (χ3v) is 4.58. The third-order valence-electron chi connectivity index (χ3n) is 4.58. The monoisotopic (exact) mass is 238 g/mol. The summed E-state index contributed by atoms with van der Waals surface area (Å²) in [4.78, 5) is 2.71. The molecule has 1 N–H and O–H groups in total. The van der Waals surface area contributed by atoms with E-state index in [1.54, 1.807) is 0 Å². The van der Waals surface area contributed by atoms with Gasteiger partial charge in [0.1, 0.15) is 0 Å². The molecule has 0 amide bonds. The molecule has 0 radical (unpaired) electrons. The second kappa shape index (κ2) is 4.87.